The normalized spacial score (nSPS) is 26.2. The van der Waals surface area contributed by atoms with Crippen LogP contribution in [0.2, 0.25) is 0 Å². The molecule has 2 aliphatic rings. The first-order valence-corrected chi connectivity index (χ1v) is 26.3. The summed E-state index contributed by atoms with van der Waals surface area (Å²) in [6.07, 6.45) is 21.5. The molecular formula is C51H94O15. The number of esters is 2. The van der Waals surface area contributed by atoms with Crippen molar-refractivity contribution < 1.29 is 73.8 Å². The fourth-order valence-corrected chi connectivity index (χ4v) is 8.40. The number of hydrogen-bond acceptors (Lipinski definition) is 15. The number of rotatable bonds is 41. The predicted octanol–water partition coefficient (Wildman–Crippen LogP) is 7.38. The van der Waals surface area contributed by atoms with Crippen molar-refractivity contribution >= 4 is 11.9 Å². The molecule has 0 aromatic carbocycles. The van der Waals surface area contributed by atoms with Gasteiger partial charge in [-0.1, -0.05) is 174 Å². The van der Waals surface area contributed by atoms with Crippen LogP contribution >= 0.6 is 0 Å². The van der Waals surface area contributed by atoms with E-state index in [1.807, 2.05) is 0 Å². The van der Waals surface area contributed by atoms with Gasteiger partial charge in [0.15, 0.2) is 18.7 Å². The van der Waals surface area contributed by atoms with Crippen molar-refractivity contribution in [2.45, 2.75) is 274 Å². The van der Waals surface area contributed by atoms with Gasteiger partial charge in [-0.25, -0.2) is 0 Å². The van der Waals surface area contributed by atoms with Crippen molar-refractivity contribution in [2.75, 3.05) is 26.4 Å². The second kappa shape index (κ2) is 39.0. The molecule has 2 aliphatic heterocycles. The molecule has 15 nitrogen and oxygen atoms in total. The molecule has 0 bridgehead atoms. The molecule has 7 N–H and O–H groups in total. The first-order chi connectivity index (χ1) is 32.0. The molecule has 388 valence electrons. The Morgan fingerprint density at radius 3 is 1.38 bits per heavy atom. The number of hydrogen-bond donors (Lipinski definition) is 7. The largest absolute Gasteiger partial charge is 0.462 e. The Labute approximate surface area is 397 Å². The molecule has 4 unspecified atom stereocenters. The van der Waals surface area contributed by atoms with E-state index < -0.39 is 92.7 Å². The fourth-order valence-electron chi connectivity index (χ4n) is 8.40. The predicted molar refractivity (Wildman–Crippen MR) is 252 cm³/mol. The fraction of sp³-hybridized carbons (Fsp3) is 0.922. The van der Waals surface area contributed by atoms with Gasteiger partial charge >= 0.3 is 11.9 Å². The minimum Gasteiger partial charge on any atom is -0.462 e. The van der Waals surface area contributed by atoms with Gasteiger partial charge in [0.2, 0.25) is 0 Å². The molecule has 0 amide bonds. The minimum atomic E-state index is -1.76. The van der Waals surface area contributed by atoms with Gasteiger partial charge in [-0.2, -0.15) is 0 Å². The highest BCUT2D eigenvalue weighted by molar-refractivity contribution is 5.70. The van der Waals surface area contributed by atoms with Crippen LogP contribution in [0.4, 0.5) is 0 Å². The van der Waals surface area contributed by atoms with E-state index >= 15 is 0 Å². The molecule has 0 aromatic heterocycles. The molecule has 2 rings (SSSR count). The van der Waals surface area contributed by atoms with Crippen molar-refractivity contribution in [1.29, 1.82) is 0 Å². The van der Waals surface area contributed by atoms with Crippen LogP contribution in [0.3, 0.4) is 0 Å². The number of aliphatic hydroxyl groups is 7. The Bertz CT molecular complexity index is 1210. The number of allylic oxidation sites excluding steroid dienone is 2. The Balaban J connectivity index is 1.72. The number of ether oxygens (including phenoxy) is 6. The molecule has 2 saturated heterocycles. The maximum absolute atomic E-state index is 13.0. The maximum atomic E-state index is 13.0. The molecule has 0 radical (unpaired) electrons. The Hall–Kier alpha value is -1.76. The quantitative estimate of drug-likeness (QED) is 0.0180. The van der Waals surface area contributed by atoms with Crippen LogP contribution in [-0.2, 0) is 38.0 Å². The lowest BCUT2D eigenvalue weighted by molar-refractivity contribution is -0.332. The second-order valence-electron chi connectivity index (χ2n) is 18.7. The van der Waals surface area contributed by atoms with Crippen molar-refractivity contribution in [3.8, 4) is 0 Å². The van der Waals surface area contributed by atoms with E-state index in [1.54, 1.807) is 0 Å². The van der Waals surface area contributed by atoms with Gasteiger partial charge in [0.25, 0.3) is 0 Å². The molecule has 0 aromatic rings. The van der Waals surface area contributed by atoms with E-state index in [9.17, 15) is 45.3 Å². The van der Waals surface area contributed by atoms with Gasteiger partial charge in [-0.15, -0.1) is 0 Å². The third kappa shape index (κ3) is 26.8. The lowest BCUT2D eigenvalue weighted by Crippen LogP contribution is -2.61. The molecule has 0 aliphatic carbocycles. The van der Waals surface area contributed by atoms with Gasteiger partial charge in [0.1, 0.15) is 55.4 Å². The monoisotopic (exact) mass is 947 g/mol. The first kappa shape index (κ1) is 60.4. The van der Waals surface area contributed by atoms with E-state index in [4.69, 9.17) is 28.4 Å². The summed E-state index contributed by atoms with van der Waals surface area (Å²) in [6.45, 7) is 2.53. The van der Waals surface area contributed by atoms with Gasteiger partial charge in [-0.05, 0) is 32.1 Å². The summed E-state index contributed by atoms with van der Waals surface area (Å²) >= 11 is 0. The van der Waals surface area contributed by atoms with E-state index in [1.165, 1.54) is 122 Å². The highest BCUT2D eigenvalue weighted by atomic mass is 16.7. The lowest BCUT2D eigenvalue weighted by Gasteiger charge is -2.42. The number of unbranched alkanes of at least 4 members (excludes halogenated alkanes) is 25. The molecular weight excluding hydrogens is 853 g/mol. The van der Waals surface area contributed by atoms with Crippen molar-refractivity contribution in [3.63, 3.8) is 0 Å². The van der Waals surface area contributed by atoms with Crippen molar-refractivity contribution in [3.05, 3.63) is 12.2 Å². The van der Waals surface area contributed by atoms with Crippen molar-refractivity contribution in [2.24, 2.45) is 0 Å². The van der Waals surface area contributed by atoms with Crippen LogP contribution < -0.4 is 0 Å². The summed E-state index contributed by atoms with van der Waals surface area (Å²) in [5.74, 6) is -0.961. The highest BCUT2D eigenvalue weighted by Gasteiger charge is 2.47. The molecule has 2 heterocycles. The van der Waals surface area contributed by atoms with E-state index in [-0.39, 0.29) is 26.1 Å². The number of aliphatic hydroxyl groups excluding tert-OH is 7. The maximum Gasteiger partial charge on any atom is 0.306 e. The van der Waals surface area contributed by atoms with Crippen LogP contribution in [0.15, 0.2) is 12.2 Å². The van der Waals surface area contributed by atoms with Crippen LogP contribution in [0.25, 0.3) is 0 Å². The van der Waals surface area contributed by atoms with E-state index in [0.29, 0.717) is 19.3 Å². The molecule has 11 atom stereocenters. The number of carbonyl (C=O) groups is 2. The molecule has 0 saturated carbocycles. The SMILES string of the molecule is CCCCCCCCCCCCCCCCCCCC/C=C/CCCC(=O)O[C@H](COC(=O)CCCCCCCCC)CO[C@H]1O[C@@H](CO[C@H]2O[C@@H](CO)[C@@H](O)C(O)C2O)[C@@H](O)C(O)C1O. The summed E-state index contributed by atoms with van der Waals surface area (Å²) in [4.78, 5) is 25.6. The molecule has 15 heteroatoms. The van der Waals surface area contributed by atoms with Gasteiger partial charge in [-0.3, -0.25) is 9.59 Å². The summed E-state index contributed by atoms with van der Waals surface area (Å²) in [7, 11) is 0. The van der Waals surface area contributed by atoms with E-state index in [0.717, 1.165) is 38.5 Å². The third-order valence-corrected chi connectivity index (χ3v) is 12.7. The zero-order valence-electron chi connectivity index (χ0n) is 40.9. The minimum absolute atomic E-state index is 0.122. The van der Waals surface area contributed by atoms with Crippen LogP contribution in [0, 0.1) is 0 Å². The standard InChI is InChI=1S/C51H94O15/c1-3-5-7-9-11-12-13-14-15-16-17-18-19-20-21-22-23-24-25-26-28-30-32-34-43(54)64-39(36-61-42(53)33-31-29-27-10-8-6-4-2)37-62-50-49(60)47(58)45(56)41(66-50)38-63-51-48(59)46(57)44(55)40(35-52)65-51/h26,28,39-41,44-52,55-60H,3-25,27,29-38H2,1-2H3/b28-26+/t39-,40+,41+,44-,45-,46?,47?,48?,49?,50+,51+/m1/s1. The molecule has 0 spiro atoms. The van der Waals surface area contributed by atoms with Crippen LogP contribution in [0.5, 0.6) is 0 Å². The average Bonchev–Trinajstić information content (AvgIpc) is 3.31. The van der Waals surface area contributed by atoms with Crippen LogP contribution in [0.1, 0.15) is 206 Å². The average molecular weight is 947 g/mol. The summed E-state index contributed by atoms with van der Waals surface area (Å²) < 4.78 is 33.4. The Morgan fingerprint density at radius 1 is 0.470 bits per heavy atom. The molecule has 2 fully saturated rings. The summed E-state index contributed by atoms with van der Waals surface area (Å²) in [6, 6.07) is 0. The summed E-state index contributed by atoms with van der Waals surface area (Å²) in [5.41, 5.74) is 0. The molecule has 66 heavy (non-hydrogen) atoms. The zero-order chi connectivity index (χ0) is 48.2. The third-order valence-electron chi connectivity index (χ3n) is 12.7. The van der Waals surface area contributed by atoms with Gasteiger partial charge < -0.3 is 64.2 Å². The Kier molecular flexibility index (Phi) is 35.7. The van der Waals surface area contributed by atoms with E-state index in [2.05, 4.69) is 26.0 Å². The smallest absolute Gasteiger partial charge is 0.306 e. The number of carbonyl (C=O) groups excluding carboxylic acids is 2. The highest BCUT2D eigenvalue weighted by Crippen LogP contribution is 2.26. The summed E-state index contributed by atoms with van der Waals surface area (Å²) in [5, 5.41) is 71.9. The van der Waals surface area contributed by atoms with Gasteiger partial charge in [0, 0.05) is 12.8 Å². The topological polar surface area (TPSA) is 231 Å². The van der Waals surface area contributed by atoms with Crippen molar-refractivity contribution in [1.82, 2.24) is 0 Å². The van der Waals surface area contributed by atoms with Crippen LogP contribution in [-0.4, -0.2) is 142 Å². The first-order valence-electron chi connectivity index (χ1n) is 26.3. The zero-order valence-corrected chi connectivity index (χ0v) is 40.9. The van der Waals surface area contributed by atoms with Gasteiger partial charge in [0.05, 0.1) is 19.8 Å². The lowest BCUT2D eigenvalue weighted by atomic mass is 9.98. The second-order valence-corrected chi connectivity index (χ2v) is 18.7. The Morgan fingerprint density at radius 2 is 0.879 bits per heavy atom.